The summed E-state index contributed by atoms with van der Waals surface area (Å²) in [5.74, 6) is -0.109. The van der Waals surface area contributed by atoms with Gasteiger partial charge in [0.2, 0.25) is 5.88 Å². The van der Waals surface area contributed by atoms with Crippen LogP contribution in [0.2, 0.25) is 0 Å². The summed E-state index contributed by atoms with van der Waals surface area (Å²) in [6.07, 6.45) is 4.98. The standard InChI is InChI=1S/C34H43FN4O6/c1-5-24(37-30(40)43-20-23-9-7-6-8-10-23)21-42-28-12-11-27-29(38-28)25(26(35)19-36-27)13-14-34-17-15-33(16-18-34,22-44-34)39-31(41)45-32(2,3)4/h6-12,19,24H,5,13-18,20-22H2,1-4H3,(H,37,40)(H,39,41). The van der Waals surface area contributed by atoms with Gasteiger partial charge in [-0.05, 0) is 77.3 Å². The maximum absolute atomic E-state index is 15.2. The minimum Gasteiger partial charge on any atom is -0.475 e. The second-order valence-corrected chi connectivity index (χ2v) is 13.1. The van der Waals surface area contributed by atoms with E-state index < -0.39 is 29.1 Å². The molecule has 2 N–H and O–H groups in total. The number of aryl methyl sites for hydroxylation is 1. The molecule has 1 saturated carbocycles. The summed E-state index contributed by atoms with van der Waals surface area (Å²) in [5.41, 5.74) is 0.983. The van der Waals surface area contributed by atoms with Gasteiger partial charge in [0.15, 0.2) is 0 Å². The Morgan fingerprint density at radius 2 is 1.82 bits per heavy atom. The van der Waals surface area contributed by atoms with Gasteiger partial charge in [-0.3, -0.25) is 4.98 Å². The summed E-state index contributed by atoms with van der Waals surface area (Å²) in [6.45, 7) is 8.19. The van der Waals surface area contributed by atoms with Gasteiger partial charge in [0, 0.05) is 11.6 Å². The third kappa shape index (κ3) is 8.39. The van der Waals surface area contributed by atoms with Crippen LogP contribution in [0, 0.1) is 5.82 Å². The van der Waals surface area contributed by atoms with Gasteiger partial charge in [-0.1, -0.05) is 37.3 Å². The van der Waals surface area contributed by atoms with E-state index in [2.05, 4.69) is 20.6 Å². The molecule has 45 heavy (non-hydrogen) atoms. The number of fused-ring (bicyclic) bond motifs is 4. The Bertz CT molecular complexity index is 1470. The lowest BCUT2D eigenvalue weighted by Crippen LogP contribution is -2.63. The summed E-state index contributed by atoms with van der Waals surface area (Å²) >= 11 is 0. The molecule has 2 saturated heterocycles. The number of amides is 2. The van der Waals surface area contributed by atoms with Crippen LogP contribution >= 0.6 is 0 Å². The van der Waals surface area contributed by atoms with Gasteiger partial charge in [-0.15, -0.1) is 0 Å². The largest absolute Gasteiger partial charge is 0.475 e. The number of halogens is 1. The molecule has 3 fully saturated rings. The van der Waals surface area contributed by atoms with Crippen molar-refractivity contribution >= 4 is 23.2 Å². The lowest BCUT2D eigenvalue weighted by molar-refractivity contribution is -0.163. The molecule has 0 spiro atoms. The van der Waals surface area contributed by atoms with Crippen molar-refractivity contribution in [2.75, 3.05) is 13.2 Å². The van der Waals surface area contributed by atoms with Crippen molar-refractivity contribution in [2.24, 2.45) is 0 Å². The molecule has 10 nitrogen and oxygen atoms in total. The number of alkyl carbamates (subject to hydrolysis) is 2. The van der Waals surface area contributed by atoms with Crippen LogP contribution in [0.1, 0.15) is 77.3 Å². The van der Waals surface area contributed by atoms with Crippen molar-refractivity contribution in [3.05, 3.63) is 65.6 Å². The van der Waals surface area contributed by atoms with Crippen LogP contribution in [0.3, 0.4) is 0 Å². The van der Waals surface area contributed by atoms with Gasteiger partial charge in [-0.2, -0.15) is 0 Å². The quantitative estimate of drug-likeness (QED) is 0.252. The van der Waals surface area contributed by atoms with Crippen LogP contribution in [-0.4, -0.2) is 58.2 Å². The molecule has 0 radical (unpaired) electrons. The molecule has 242 valence electrons. The lowest BCUT2D eigenvalue weighted by atomic mass is 9.69. The predicted octanol–water partition coefficient (Wildman–Crippen LogP) is 6.39. The molecule has 11 heteroatoms. The third-order valence-corrected chi connectivity index (χ3v) is 8.57. The van der Waals surface area contributed by atoms with Gasteiger partial charge in [0.25, 0.3) is 0 Å². The average Bonchev–Trinajstić information content (AvgIpc) is 3.02. The number of rotatable bonds is 11. The Hall–Kier alpha value is -3.99. The SMILES string of the molecule is CCC(COc1ccc2ncc(F)c(CCC34CCC(NC(=O)OC(C)(C)C)(CC3)CO4)c2n1)NC(=O)OCc1ccccc1. The molecule has 4 heterocycles. The summed E-state index contributed by atoms with van der Waals surface area (Å²) in [5, 5.41) is 5.87. The van der Waals surface area contributed by atoms with Crippen LogP contribution < -0.4 is 15.4 Å². The van der Waals surface area contributed by atoms with Crippen LogP contribution in [0.25, 0.3) is 11.0 Å². The summed E-state index contributed by atoms with van der Waals surface area (Å²) in [4.78, 5) is 33.6. The zero-order valence-electron chi connectivity index (χ0n) is 26.5. The van der Waals surface area contributed by atoms with Crippen LogP contribution in [0.5, 0.6) is 5.88 Å². The zero-order valence-corrected chi connectivity index (χ0v) is 26.5. The van der Waals surface area contributed by atoms with Crippen LogP contribution in [0.15, 0.2) is 48.7 Å². The molecule has 3 aliphatic rings. The number of carbonyl (C=O) groups excluding carboxylic acids is 2. The number of ether oxygens (including phenoxy) is 4. The maximum atomic E-state index is 15.2. The number of nitrogens with one attached hydrogen (secondary N) is 2. The van der Waals surface area contributed by atoms with E-state index in [0.29, 0.717) is 48.3 Å². The van der Waals surface area contributed by atoms with Gasteiger partial charge < -0.3 is 29.6 Å². The minimum absolute atomic E-state index is 0.170. The summed E-state index contributed by atoms with van der Waals surface area (Å²) in [7, 11) is 0. The van der Waals surface area contributed by atoms with Crippen molar-refractivity contribution in [3.63, 3.8) is 0 Å². The first-order valence-electron chi connectivity index (χ1n) is 15.7. The Morgan fingerprint density at radius 1 is 1.07 bits per heavy atom. The molecule has 1 atom stereocenters. The molecule has 1 aromatic carbocycles. The molecule has 2 bridgehead atoms. The minimum atomic E-state index is -0.573. The first-order chi connectivity index (χ1) is 21.5. The first-order valence-corrected chi connectivity index (χ1v) is 15.7. The molecule has 1 unspecified atom stereocenters. The summed E-state index contributed by atoms with van der Waals surface area (Å²) in [6, 6.07) is 12.6. The monoisotopic (exact) mass is 622 g/mol. The van der Waals surface area contributed by atoms with Gasteiger partial charge in [0.1, 0.15) is 24.6 Å². The van der Waals surface area contributed by atoms with Gasteiger partial charge in [0.05, 0.1) is 41.0 Å². The fraction of sp³-hybridized carbons (Fsp3) is 0.529. The second-order valence-electron chi connectivity index (χ2n) is 13.1. The summed E-state index contributed by atoms with van der Waals surface area (Å²) < 4.78 is 38.3. The molecular weight excluding hydrogens is 579 g/mol. The normalized spacial score (nSPS) is 21.6. The molecule has 1 aliphatic carbocycles. The molecule has 6 rings (SSSR count). The molecule has 2 aliphatic heterocycles. The number of nitrogens with zero attached hydrogens (tertiary/aromatic N) is 2. The smallest absolute Gasteiger partial charge is 0.408 e. The fourth-order valence-electron chi connectivity index (χ4n) is 5.89. The Kier molecular flexibility index (Phi) is 9.76. The van der Waals surface area contributed by atoms with E-state index in [9.17, 15) is 9.59 Å². The number of carbonyl (C=O) groups is 2. The van der Waals surface area contributed by atoms with E-state index in [4.69, 9.17) is 18.9 Å². The van der Waals surface area contributed by atoms with Crippen molar-refractivity contribution in [2.45, 2.75) is 102 Å². The Labute approximate surface area is 263 Å². The number of hydrogen-bond donors (Lipinski definition) is 2. The maximum Gasteiger partial charge on any atom is 0.408 e. The number of pyridine rings is 2. The average molecular weight is 623 g/mol. The van der Waals surface area contributed by atoms with Crippen LogP contribution in [-0.2, 0) is 27.2 Å². The molecule has 3 aromatic rings. The van der Waals surface area contributed by atoms with Crippen molar-refractivity contribution in [1.82, 2.24) is 20.6 Å². The molecule has 2 aromatic heterocycles. The van der Waals surface area contributed by atoms with E-state index in [0.717, 1.165) is 31.2 Å². The number of hydrogen-bond acceptors (Lipinski definition) is 8. The molecule has 2 amide bonds. The van der Waals surface area contributed by atoms with E-state index in [1.54, 1.807) is 12.1 Å². The van der Waals surface area contributed by atoms with E-state index in [1.165, 1.54) is 6.20 Å². The van der Waals surface area contributed by atoms with Gasteiger partial charge in [-0.25, -0.2) is 19.0 Å². The second kappa shape index (κ2) is 13.6. The van der Waals surface area contributed by atoms with Crippen LogP contribution in [0.4, 0.5) is 14.0 Å². The van der Waals surface area contributed by atoms with Crippen molar-refractivity contribution in [1.29, 1.82) is 0 Å². The molecular formula is C34H43FN4O6. The fourth-order valence-corrected chi connectivity index (χ4v) is 5.89. The number of benzene rings is 1. The highest BCUT2D eigenvalue weighted by molar-refractivity contribution is 5.78. The first kappa shape index (κ1) is 32.4. The predicted molar refractivity (Wildman–Crippen MR) is 166 cm³/mol. The lowest BCUT2D eigenvalue weighted by Gasteiger charge is -2.53. The third-order valence-electron chi connectivity index (χ3n) is 8.57. The Morgan fingerprint density at radius 3 is 2.49 bits per heavy atom. The van der Waals surface area contributed by atoms with E-state index >= 15 is 4.39 Å². The number of aromatic nitrogens is 2. The van der Waals surface area contributed by atoms with Crippen molar-refractivity contribution < 1.29 is 32.9 Å². The van der Waals surface area contributed by atoms with E-state index in [1.807, 2.05) is 58.0 Å². The van der Waals surface area contributed by atoms with E-state index in [-0.39, 0.29) is 24.9 Å². The topological polar surface area (TPSA) is 121 Å². The Balaban J connectivity index is 1.18. The highest BCUT2D eigenvalue weighted by Crippen LogP contribution is 2.46. The highest BCUT2D eigenvalue weighted by Gasteiger charge is 2.50. The van der Waals surface area contributed by atoms with Gasteiger partial charge >= 0.3 is 12.2 Å². The zero-order chi connectivity index (χ0) is 32.1. The highest BCUT2D eigenvalue weighted by atomic mass is 19.1. The van der Waals surface area contributed by atoms with Crippen molar-refractivity contribution in [3.8, 4) is 5.88 Å².